The molecule has 21 heavy (non-hydrogen) atoms. The van der Waals surface area contributed by atoms with Gasteiger partial charge in [0.15, 0.2) is 0 Å². The van der Waals surface area contributed by atoms with Crippen LogP contribution in [0.1, 0.15) is 19.4 Å². The van der Waals surface area contributed by atoms with E-state index in [1.807, 2.05) is 32.0 Å². The Kier molecular flexibility index (Phi) is 4.67. The van der Waals surface area contributed by atoms with Crippen LogP contribution in [0.3, 0.4) is 0 Å². The van der Waals surface area contributed by atoms with Crippen LogP contribution in [0.5, 0.6) is 5.75 Å². The monoisotopic (exact) mass is 292 g/mol. The molecular formula is C15H20N2O4. The van der Waals surface area contributed by atoms with E-state index in [0.717, 1.165) is 17.0 Å². The van der Waals surface area contributed by atoms with Gasteiger partial charge in [-0.15, -0.1) is 0 Å². The van der Waals surface area contributed by atoms with E-state index in [0.29, 0.717) is 19.7 Å². The van der Waals surface area contributed by atoms with E-state index in [9.17, 15) is 9.59 Å². The summed E-state index contributed by atoms with van der Waals surface area (Å²) < 4.78 is 10.7. The highest BCUT2D eigenvalue weighted by molar-refractivity contribution is 5.90. The fourth-order valence-corrected chi connectivity index (χ4v) is 2.22. The second kappa shape index (κ2) is 6.47. The molecule has 0 aliphatic carbocycles. The quantitative estimate of drug-likeness (QED) is 0.899. The highest BCUT2D eigenvalue weighted by atomic mass is 16.6. The third-order valence-corrected chi connectivity index (χ3v) is 3.22. The summed E-state index contributed by atoms with van der Waals surface area (Å²) in [7, 11) is 0. The van der Waals surface area contributed by atoms with Crippen LogP contribution in [0.2, 0.25) is 0 Å². The van der Waals surface area contributed by atoms with E-state index in [1.54, 1.807) is 4.90 Å². The van der Waals surface area contributed by atoms with E-state index >= 15 is 0 Å². The average Bonchev–Trinajstić information content (AvgIpc) is 2.80. The fraction of sp³-hybridized carbons (Fsp3) is 0.467. The molecule has 0 aromatic heterocycles. The number of ether oxygens (including phenoxy) is 2. The van der Waals surface area contributed by atoms with Gasteiger partial charge in [-0.1, -0.05) is 0 Å². The van der Waals surface area contributed by atoms with E-state index in [2.05, 4.69) is 5.32 Å². The summed E-state index contributed by atoms with van der Waals surface area (Å²) in [6, 6.07) is 5.58. The maximum Gasteiger partial charge on any atom is 0.414 e. The second-order valence-corrected chi connectivity index (χ2v) is 4.94. The predicted molar refractivity (Wildman–Crippen MR) is 78.6 cm³/mol. The molecule has 1 atom stereocenters. The summed E-state index contributed by atoms with van der Waals surface area (Å²) in [6.07, 6.45) is -0.720. The molecule has 1 N–H and O–H groups in total. The van der Waals surface area contributed by atoms with Crippen molar-refractivity contribution in [2.75, 3.05) is 24.6 Å². The minimum atomic E-state index is -0.395. The summed E-state index contributed by atoms with van der Waals surface area (Å²) in [4.78, 5) is 24.4. The third-order valence-electron chi connectivity index (χ3n) is 3.22. The first-order valence-corrected chi connectivity index (χ1v) is 6.97. The number of hydrogen-bond donors (Lipinski definition) is 1. The molecular weight excluding hydrogens is 272 g/mol. The molecule has 6 heteroatoms. The Morgan fingerprint density at radius 1 is 1.52 bits per heavy atom. The zero-order valence-electron chi connectivity index (χ0n) is 12.5. The average molecular weight is 292 g/mol. The normalized spacial score (nSPS) is 17.6. The first-order valence-electron chi connectivity index (χ1n) is 6.97. The number of rotatable bonds is 5. The lowest BCUT2D eigenvalue weighted by atomic mass is 10.2. The second-order valence-electron chi connectivity index (χ2n) is 4.94. The number of amides is 2. The number of nitrogens with zero attached hydrogens (tertiary/aromatic N) is 1. The Hall–Kier alpha value is -2.24. The smallest absolute Gasteiger partial charge is 0.414 e. The molecule has 2 rings (SSSR count). The van der Waals surface area contributed by atoms with Crippen LogP contribution in [0.4, 0.5) is 10.5 Å². The topological polar surface area (TPSA) is 67.9 Å². The number of aryl methyl sites for hydroxylation is 1. The van der Waals surface area contributed by atoms with E-state index in [1.165, 1.54) is 6.92 Å². The lowest BCUT2D eigenvalue weighted by molar-refractivity contribution is -0.119. The van der Waals surface area contributed by atoms with Crippen molar-refractivity contribution in [2.24, 2.45) is 0 Å². The number of carbonyl (C=O) groups is 2. The highest BCUT2D eigenvalue weighted by Crippen LogP contribution is 2.27. The van der Waals surface area contributed by atoms with Gasteiger partial charge < -0.3 is 14.8 Å². The number of nitrogens with one attached hydrogen (secondary N) is 1. The zero-order valence-corrected chi connectivity index (χ0v) is 12.5. The van der Waals surface area contributed by atoms with Crippen LogP contribution in [0, 0.1) is 6.92 Å². The van der Waals surface area contributed by atoms with Gasteiger partial charge in [-0.2, -0.15) is 0 Å². The number of hydrogen-bond acceptors (Lipinski definition) is 4. The third kappa shape index (κ3) is 3.65. The molecule has 0 radical (unpaired) electrons. The van der Waals surface area contributed by atoms with Crippen LogP contribution in [-0.4, -0.2) is 37.8 Å². The summed E-state index contributed by atoms with van der Waals surface area (Å²) in [5, 5.41) is 2.65. The number of anilines is 1. The van der Waals surface area contributed by atoms with Gasteiger partial charge in [0.1, 0.15) is 11.9 Å². The van der Waals surface area contributed by atoms with Crippen molar-refractivity contribution in [3.63, 3.8) is 0 Å². The summed E-state index contributed by atoms with van der Waals surface area (Å²) in [5.41, 5.74) is 1.73. The van der Waals surface area contributed by atoms with Gasteiger partial charge in [-0.3, -0.25) is 9.69 Å². The van der Waals surface area contributed by atoms with Gasteiger partial charge in [-0.05, 0) is 37.6 Å². The van der Waals surface area contributed by atoms with E-state index < -0.39 is 6.09 Å². The molecule has 1 aliphatic rings. The van der Waals surface area contributed by atoms with Gasteiger partial charge >= 0.3 is 6.09 Å². The largest absolute Gasteiger partial charge is 0.494 e. The van der Waals surface area contributed by atoms with E-state index in [-0.39, 0.29) is 12.0 Å². The summed E-state index contributed by atoms with van der Waals surface area (Å²) in [5.74, 6) is 0.671. The van der Waals surface area contributed by atoms with Crippen molar-refractivity contribution in [3.8, 4) is 5.75 Å². The first kappa shape index (κ1) is 15.2. The van der Waals surface area contributed by atoms with Gasteiger partial charge in [0.2, 0.25) is 5.91 Å². The maximum absolute atomic E-state index is 11.9. The molecule has 0 bridgehead atoms. The molecule has 6 nitrogen and oxygen atoms in total. The SMILES string of the molecule is CCOc1ccc(N2C[C@H](CNC(C)=O)OC2=O)cc1C. The predicted octanol–water partition coefficient (Wildman–Crippen LogP) is 1.86. The molecule has 1 fully saturated rings. The molecule has 2 amide bonds. The minimum Gasteiger partial charge on any atom is -0.494 e. The van der Waals surface area contributed by atoms with Gasteiger partial charge in [0.25, 0.3) is 0 Å². The maximum atomic E-state index is 11.9. The highest BCUT2D eigenvalue weighted by Gasteiger charge is 2.32. The number of benzene rings is 1. The van der Waals surface area contributed by atoms with Gasteiger partial charge in [0, 0.05) is 12.6 Å². The lowest BCUT2D eigenvalue weighted by Gasteiger charge is -2.15. The van der Waals surface area contributed by atoms with Crippen molar-refractivity contribution < 1.29 is 19.1 Å². The van der Waals surface area contributed by atoms with Crippen LogP contribution in [0.25, 0.3) is 0 Å². The molecule has 0 spiro atoms. The van der Waals surface area contributed by atoms with Crippen molar-refractivity contribution in [2.45, 2.75) is 26.9 Å². The summed E-state index contributed by atoms with van der Waals surface area (Å²) in [6.45, 7) is 6.65. The van der Waals surface area contributed by atoms with Crippen LogP contribution >= 0.6 is 0 Å². The lowest BCUT2D eigenvalue weighted by Crippen LogP contribution is -2.33. The van der Waals surface area contributed by atoms with Gasteiger partial charge in [-0.25, -0.2) is 4.79 Å². The molecule has 1 aliphatic heterocycles. The van der Waals surface area contributed by atoms with Crippen LogP contribution in [0.15, 0.2) is 18.2 Å². The van der Waals surface area contributed by atoms with Gasteiger partial charge in [0.05, 0.1) is 19.7 Å². The minimum absolute atomic E-state index is 0.138. The first-order chi connectivity index (χ1) is 10.0. The zero-order chi connectivity index (χ0) is 15.4. The van der Waals surface area contributed by atoms with Crippen molar-refractivity contribution in [3.05, 3.63) is 23.8 Å². The van der Waals surface area contributed by atoms with Crippen molar-refractivity contribution >= 4 is 17.7 Å². The fourth-order valence-electron chi connectivity index (χ4n) is 2.22. The van der Waals surface area contributed by atoms with Crippen molar-refractivity contribution in [1.82, 2.24) is 5.32 Å². The molecule has 1 saturated heterocycles. The Balaban J connectivity index is 2.06. The molecule has 1 aromatic carbocycles. The molecule has 0 unspecified atom stereocenters. The molecule has 0 saturated carbocycles. The van der Waals surface area contributed by atoms with Crippen molar-refractivity contribution in [1.29, 1.82) is 0 Å². The Morgan fingerprint density at radius 2 is 2.29 bits per heavy atom. The molecule has 1 heterocycles. The number of carbonyl (C=O) groups excluding carboxylic acids is 2. The van der Waals surface area contributed by atoms with Crippen LogP contribution in [-0.2, 0) is 9.53 Å². The number of cyclic esters (lactones) is 1. The molecule has 114 valence electrons. The standard InChI is InChI=1S/C15H20N2O4/c1-4-20-14-6-5-12(7-10(14)2)17-9-13(21-15(17)19)8-16-11(3)18/h5-7,13H,4,8-9H2,1-3H3,(H,16,18)/t13-/m0/s1. The molecule has 1 aromatic rings. The Bertz CT molecular complexity index is 544. The Morgan fingerprint density at radius 3 is 2.90 bits per heavy atom. The Labute approximate surface area is 124 Å². The summed E-state index contributed by atoms with van der Waals surface area (Å²) >= 11 is 0. The van der Waals surface area contributed by atoms with E-state index in [4.69, 9.17) is 9.47 Å². The van der Waals surface area contributed by atoms with Crippen LogP contribution < -0.4 is 15.0 Å².